The van der Waals surface area contributed by atoms with Crippen molar-refractivity contribution in [2.24, 2.45) is 0 Å². The Labute approximate surface area is 112 Å². The van der Waals surface area contributed by atoms with Gasteiger partial charge >= 0.3 is 5.97 Å². The lowest BCUT2D eigenvalue weighted by Gasteiger charge is -2.27. The summed E-state index contributed by atoms with van der Waals surface area (Å²) in [5.74, 6) is -0.271. The number of carboxylic acids is 1. The molecule has 0 aliphatic rings. The molecule has 1 aromatic rings. The SMILES string of the molecule is CCCC(CC(=O)O)n1nnnc1C(C)(CC)OC. The van der Waals surface area contributed by atoms with E-state index in [2.05, 4.69) is 15.5 Å². The van der Waals surface area contributed by atoms with Gasteiger partial charge in [-0.1, -0.05) is 20.3 Å². The molecule has 0 fully saturated rings. The molecule has 0 amide bonds. The van der Waals surface area contributed by atoms with Crippen LogP contribution in [0.5, 0.6) is 0 Å². The quantitative estimate of drug-likeness (QED) is 0.774. The average molecular weight is 270 g/mol. The topological polar surface area (TPSA) is 90.1 Å². The summed E-state index contributed by atoms with van der Waals surface area (Å²) in [5, 5.41) is 20.7. The van der Waals surface area contributed by atoms with Crippen molar-refractivity contribution in [3.05, 3.63) is 5.82 Å². The number of aromatic nitrogens is 4. The van der Waals surface area contributed by atoms with E-state index in [-0.39, 0.29) is 12.5 Å². The monoisotopic (exact) mass is 270 g/mol. The maximum absolute atomic E-state index is 11.0. The standard InChI is InChI=1S/C12H22N4O3/c1-5-7-9(8-10(17)18)16-11(13-14-15-16)12(3,6-2)19-4/h9H,5-8H2,1-4H3,(H,17,18). The van der Waals surface area contributed by atoms with E-state index < -0.39 is 11.6 Å². The van der Waals surface area contributed by atoms with Crippen LogP contribution >= 0.6 is 0 Å². The number of aliphatic carboxylic acids is 1. The zero-order valence-electron chi connectivity index (χ0n) is 12.0. The number of hydrogen-bond acceptors (Lipinski definition) is 5. The van der Waals surface area contributed by atoms with E-state index in [1.807, 2.05) is 20.8 Å². The minimum Gasteiger partial charge on any atom is -0.481 e. The summed E-state index contributed by atoms with van der Waals surface area (Å²) in [5.41, 5.74) is -0.603. The number of nitrogens with zero attached hydrogens (tertiary/aromatic N) is 4. The molecule has 1 rings (SSSR count). The summed E-state index contributed by atoms with van der Waals surface area (Å²) in [4.78, 5) is 11.0. The summed E-state index contributed by atoms with van der Waals surface area (Å²) in [6, 6.07) is -0.242. The van der Waals surface area contributed by atoms with E-state index in [1.165, 1.54) is 0 Å². The fourth-order valence-corrected chi connectivity index (χ4v) is 2.03. The van der Waals surface area contributed by atoms with Gasteiger partial charge in [0.25, 0.3) is 0 Å². The van der Waals surface area contributed by atoms with E-state index in [0.29, 0.717) is 18.7 Å². The predicted molar refractivity (Wildman–Crippen MR) is 68.7 cm³/mol. The summed E-state index contributed by atoms with van der Waals surface area (Å²) in [6.07, 6.45) is 2.30. The fourth-order valence-electron chi connectivity index (χ4n) is 2.03. The van der Waals surface area contributed by atoms with E-state index >= 15 is 0 Å². The van der Waals surface area contributed by atoms with Gasteiger partial charge in [0.15, 0.2) is 5.82 Å². The highest BCUT2D eigenvalue weighted by Crippen LogP contribution is 2.29. The lowest BCUT2D eigenvalue weighted by atomic mass is 10.0. The molecular formula is C12H22N4O3. The van der Waals surface area contributed by atoms with Gasteiger partial charge in [0.2, 0.25) is 0 Å². The van der Waals surface area contributed by atoms with Crippen LogP contribution < -0.4 is 0 Å². The molecule has 0 saturated carbocycles. The molecule has 19 heavy (non-hydrogen) atoms. The van der Waals surface area contributed by atoms with Crippen molar-refractivity contribution >= 4 is 5.97 Å². The van der Waals surface area contributed by atoms with Crippen LogP contribution in [0.3, 0.4) is 0 Å². The Kier molecular flexibility index (Phi) is 5.41. The smallest absolute Gasteiger partial charge is 0.305 e. The van der Waals surface area contributed by atoms with Crippen LogP contribution in [-0.4, -0.2) is 38.4 Å². The number of carboxylic acid groups (broad SMARTS) is 1. The van der Waals surface area contributed by atoms with Crippen LogP contribution in [-0.2, 0) is 15.1 Å². The number of tetrazole rings is 1. The second kappa shape index (κ2) is 6.60. The number of carbonyl (C=O) groups is 1. The summed E-state index contributed by atoms with van der Waals surface area (Å²) < 4.78 is 7.10. The summed E-state index contributed by atoms with van der Waals surface area (Å²) in [7, 11) is 1.61. The predicted octanol–water partition coefficient (Wildman–Crippen LogP) is 1.76. The van der Waals surface area contributed by atoms with Crippen LogP contribution in [0.1, 0.15) is 58.3 Å². The van der Waals surface area contributed by atoms with E-state index in [1.54, 1.807) is 11.8 Å². The Morgan fingerprint density at radius 2 is 2.21 bits per heavy atom. The zero-order chi connectivity index (χ0) is 14.5. The second-order valence-corrected chi connectivity index (χ2v) is 4.78. The van der Waals surface area contributed by atoms with Gasteiger partial charge in [-0.05, 0) is 30.2 Å². The minimum atomic E-state index is -0.851. The molecule has 0 radical (unpaired) electrons. The Morgan fingerprint density at radius 3 is 2.68 bits per heavy atom. The number of methoxy groups -OCH3 is 1. The first-order valence-electron chi connectivity index (χ1n) is 6.53. The van der Waals surface area contributed by atoms with Crippen LogP contribution in [0.2, 0.25) is 0 Å². The van der Waals surface area contributed by atoms with Gasteiger partial charge in [-0.15, -0.1) is 5.10 Å². The van der Waals surface area contributed by atoms with E-state index in [0.717, 1.165) is 6.42 Å². The third-order valence-electron chi connectivity index (χ3n) is 3.47. The van der Waals surface area contributed by atoms with Gasteiger partial charge < -0.3 is 9.84 Å². The van der Waals surface area contributed by atoms with Gasteiger partial charge in [0.05, 0.1) is 12.5 Å². The maximum atomic E-state index is 11.0. The number of rotatable bonds is 8. The second-order valence-electron chi connectivity index (χ2n) is 4.78. The van der Waals surface area contributed by atoms with Crippen molar-refractivity contribution in [2.45, 2.75) is 58.1 Å². The van der Waals surface area contributed by atoms with E-state index in [9.17, 15) is 4.79 Å². The molecule has 2 atom stereocenters. The van der Waals surface area contributed by atoms with Gasteiger partial charge in [-0.2, -0.15) is 0 Å². The molecule has 0 bridgehead atoms. The van der Waals surface area contributed by atoms with Gasteiger partial charge in [0.1, 0.15) is 5.60 Å². The van der Waals surface area contributed by atoms with Gasteiger partial charge in [-0.25, -0.2) is 4.68 Å². The van der Waals surface area contributed by atoms with Crippen LogP contribution in [0.25, 0.3) is 0 Å². The average Bonchev–Trinajstić information content (AvgIpc) is 2.86. The van der Waals surface area contributed by atoms with Crippen LogP contribution in [0.15, 0.2) is 0 Å². The lowest BCUT2D eigenvalue weighted by Crippen LogP contribution is -2.30. The van der Waals surface area contributed by atoms with E-state index in [4.69, 9.17) is 9.84 Å². The molecule has 2 unspecified atom stereocenters. The zero-order valence-corrected chi connectivity index (χ0v) is 12.0. The maximum Gasteiger partial charge on any atom is 0.305 e. The molecule has 0 saturated heterocycles. The van der Waals surface area contributed by atoms with Crippen LogP contribution in [0.4, 0.5) is 0 Å². The van der Waals surface area contributed by atoms with Gasteiger partial charge in [0, 0.05) is 7.11 Å². The van der Waals surface area contributed by atoms with Gasteiger partial charge in [-0.3, -0.25) is 4.79 Å². The molecule has 7 heteroatoms. The highest BCUT2D eigenvalue weighted by molar-refractivity contribution is 5.67. The lowest BCUT2D eigenvalue weighted by molar-refractivity contribution is -0.138. The van der Waals surface area contributed by atoms with Crippen LogP contribution in [0, 0.1) is 0 Å². The molecule has 1 N–H and O–H groups in total. The van der Waals surface area contributed by atoms with Crippen molar-refractivity contribution in [3.8, 4) is 0 Å². The van der Waals surface area contributed by atoms with Crippen molar-refractivity contribution in [1.29, 1.82) is 0 Å². The Hall–Kier alpha value is -1.50. The Balaban J connectivity index is 3.11. The van der Waals surface area contributed by atoms with Crippen molar-refractivity contribution in [2.75, 3.05) is 7.11 Å². The third kappa shape index (κ3) is 3.50. The molecule has 7 nitrogen and oxygen atoms in total. The first kappa shape index (κ1) is 15.6. The molecule has 108 valence electrons. The number of hydrogen-bond donors (Lipinski definition) is 1. The first-order valence-corrected chi connectivity index (χ1v) is 6.53. The van der Waals surface area contributed by atoms with Crippen molar-refractivity contribution in [1.82, 2.24) is 20.2 Å². The molecule has 0 aromatic carbocycles. The normalized spacial score (nSPS) is 16.0. The summed E-state index contributed by atoms with van der Waals surface area (Å²) in [6.45, 7) is 5.89. The Morgan fingerprint density at radius 1 is 1.53 bits per heavy atom. The third-order valence-corrected chi connectivity index (χ3v) is 3.47. The molecule has 0 spiro atoms. The minimum absolute atomic E-state index is 0.00931. The highest BCUT2D eigenvalue weighted by atomic mass is 16.5. The molecule has 0 aliphatic carbocycles. The van der Waals surface area contributed by atoms with Crippen molar-refractivity contribution in [3.63, 3.8) is 0 Å². The first-order chi connectivity index (χ1) is 8.98. The van der Waals surface area contributed by atoms with Crippen molar-refractivity contribution < 1.29 is 14.6 Å². The molecule has 0 aliphatic heterocycles. The Bertz CT molecular complexity index is 415. The molecular weight excluding hydrogens is 248 g/mol. The molecule has 1 aromatic heterocycles. The number of ether oxygens (including phenoxy) is 1. The highest BCUT2D eigenvalue weighted by Gasteiger charge is 2.33. The fraction of sp³-hybridized carbons (Fsp3) is 0.833. The summed E-state index contributed by atoms with van der Waals surface area (Å²) >= 11 is 0. The largest absolute Gasteiger partial charge is 0.481 e. The molecule has 1 heterocycles.